The summed E-state index contributed by atoms with van der Waals surface area (Å²) in [5, 5.41) is 6.66. The minimum Gasteiger partial charge on any atom is -0.368 e. The van der Waals surface area contributed by atoms with Crippen LogP contribution in [0.2, 0.25) is 0 Å². The van der Waals surface area contributed by atoms with Gasteiger partial charge in [-0.15, -0.1) is 11.3 Å². The molecule has 2 aromatic heterocycles. The molecule has 0 fully saturated rings. The fourth-order valence-electron chi connectivity index (χ4n) is 3.05. The van der Waals surface area contributed by atoms with Crippen molar-refractivity contribution in [1.29, 1.82) is 0 Å². The summed E-state index contributed by atoms with van der Waals surface area (Å²) in [5.41, 5.74) is 8.64. The van der Waals surface area contributed by atoms with Crippen molar-refractivity contribution in [1.82, 2.24) is 9.97 Å². The smallest absolute Gasteiger partial charge is 0.223 e. The third kappa shape index (κ3) is 2.23. The lowest BCUT2D eigenvalue weighted by Gasteiger charge is -2.27. The SMILES string of the molecule is Nc1nc(NC2CCCc3ccccc32)c2ccsc2n1. The second kappa shape index (κ2) is 5.00. The van der Waals surface area contributed by atoms with Crippen LogP contribution >= 0.6 is 11.3 Å². The number of benzene rings is 1. The van der Waals surface area contributed by atoms with Gasteiger partial charge in [-0.3, -0.25) is 0 Å². The quantitative estimate of drug-likeness (QED) is 0.755. The summed E-state index contributed by atoms with van der Waals surface area (Å²) in [7, 11) is 0. The summed E-state index contributed by atoms with van der Waals surface area (Å²) in [6.07, 6.45) is 3.47. The monoisotopic (exact) mass is 296 g/mol. The molecule has 1 aliphatic carbocycles. The second-order valence-corrected chi connectivity index (χ2v) is 6.25. The van der Waals surface area contributed by atoms with E-state index in [9.17, 15) is 0 Å². The first-order valence-corrected chi connectivity index (χ1v) is 8.04. The van der Waals surface area contributed by atoms with Crippen molar-refractivity contribution in [2.75, 3.05) is 11.1 Å². The Morgan fingerprint density at radius 1 is 1.19 bits per heavy atom. The molecular formula is C16H16N4S. The van der Waals surface area contributed by atoms with E-state index in [2.05, 4.69) is 45.6 Å². The van der Waals surface area contributed by atoms with Crippen molar-refractivity contribution in [2.45, 2.75) is 25.3 Å². The summed E-state index contributed by atoms with van der Waals surface area (Å²) in [6.45, 7) is 0. The van der Waals surface area contributed by atoms with Crippen LogP contribution in [0, 0.1) is 0 Å². The van der Waals surface area contributed by atoms with E-state index in [-0.39, 0.29) is 0 Å². The van der Waals surface area contributed by atoms with Gasteiger partial charge >= 0.3 is 0 Å². The molecule has 4 rings (SSSR count). The molecule has 0 saturated carbocycles. The largest absolute Gasteiger partial charge is 0.368 e. The van der Waals surface area contributed by atoms with E-state index >= 15 is 0 Å². The maximum atomic E-state index is 5.83. The first-order chi connectivity index (χ1) is 10.3. The lowest BCUT2D eigenvalue weighted by Crippen LogP contribution is -2.18. The number of fused-ring (bicyclic) bond motifs is 2. The van der Waals surface area contributed by atoms with Crippen molar-refractivity contribution in [3.05, 3.63) is 46.8 Å². The summed E-state index contributed by atoms with van der Waals surface area (Å²) in [6, 6.07) is 11.0. The lowest BCUT2D eigenvalue weighted by molar-refractivity contribution is 0.599. The topological polar surface area (TPSA) is 63.8 Å². The van der Waals surface area contributed by atoms with Crippen LogP contribution in [0.15, 0.2) is 35.7 Å². The molecule has 0 aliphatic heterocycles. The standard InChI is InChI=1S/C16H16N4S/c17-16-19-14(12-8-9-21-15(12)20-16)18-13-7-3-5-10-4-1-2-6-11(10)13/h1-2,4,6,8-9,13H,3,5,7H2,(H3,17,18,19,20). The van der Waals surface area contributed by atoms with Gasteiger partial charge in [0.25, 0.3) is 0 Å². The summed E-state index contributed by atoms with van der Waals surface area (Å²) in [4.78, 5) is 9.62. The van der Waals surface area contributed by atoms with Gasteiger partial charge in [0.1, 0.15) is 10.6 Å². The van der Waals surface area contributed by atoms with Crippen LogP contribution in [0.3, 0.4) is 0 Å². The van der Waals surface area contributed by atoms with Gasteiger partial charge in [0, 0.05) is 0 Å². The van der Waals surface area contributed by atoms with Gasteiger partial charge in [-0.05, 0) is 41.8 Å². The predicted molar refractivity (Wildman–Crippen MR) is 87.6 cm³/mol. The van der Waals surface area contributed by atoms with Crippen LogP contribution < -0.4 is 11.1 Å². The fraction of sp³-hybridized carbons (Fsp3) is 0.250. The summed E-state index contributed by atoms with van der Waals surface area (Å²) >= 11 is 1.59. The number of hydrogen-bond donors (Lipinski definition) is 2. The maximum Gasteiger partial charge on any atom is 0.223 e. The molecule has 0 spiro atoms. The number of aryl methyl sites for hydroxylation is 1. The Hall–Kier alpha value is -2.14. The minimum atomic E-state index is 0.298. The number of anilines is 2. The van der Waals surface area contributed by atoms with Crippen LogP contribution in [0.4, 0.5) is 11.8 Å². The van der Waals surface area contributed by atoms with Crippen LogP contribution in [0.1, 0.15) is 30.0 Å². The zero-order valence-corrected chi connectivity index (χ0v) is 12.4. The number of nitrogen functional groups attached to an aromatic ring is 1. The Bertz CT molecular complexity index is 796. The molecule has 3 N–H and O–H groups in total. The summed E-state index contributed by atoms with van der Waals surface area (Å²) in [5.74, 6) is 1.18. The molecule has 1 aromatic carbocycles. The van der Waals surface area contributed by atoms with Gasteiger partial charge in [-0.1, -0.05) is 24.3 Å². The van der Waals surface area contributed by atoms with E-state index in [0.29, 0.717) is 12.0 Å². The number of nitrogens with two attached hydrogens (primary N) is 1. The normalized spacial score (nSPS) is 17.6. The third-order valence-electron chi connectivity index (χ3n) is 4.02. The van der Waals surface area contributed by atoms with Crippen molar-refractivity contribution < 1.29 is 0 Å². The van der Waals surface area contributed by atoms with Crippen LogP contribution in [0.25, 0.3) is 10.2 Å². The van der Waals surface area contributed by atoms with Gasteiger partial charge in [0.15, 0.2) is 0 Å². The molecule has 106 valence electrons. The van der Waals surface area contributed by atoms with E-state index in [1.807, 2.05) is 5.38 Å². The van der Waals surface area contributed by atoms with E-state index in [1.165, 1.54) is 17.5 Å². The Morgan fingerprint density at radius 2 is 2.10 bits per heavy atom. The first kappa shape index (κ1) is 12.6. The van der Waals surface area contributed by atoms with Gasteiger partial charge in [0.05, 0.1) is 11.4 Å². The van der Waals surface area contributed by atoms with Crippen LogP contribution in [-0.4, -0.2) is 9.97 Å². The molecule has 1 unspecified atom stereocenters. The highest BCUT2D eigenvalue weighted by Gasteiger charge is 2.21. The Balaban J connectivity index is 1.74. The second-order valence-electron chi connectivity index (χ2n) is 5.36. The number of nitrogens with one attached hydrogen (secondary N) is 1. The Labute approximate surface area is 127 Å². The van der Waals surface area contributed by atoms with Gasteiger partial charge in [-0.2, -0.15) is 4.98 Å². The molecule has 2 heterocycles. The minimum absolute atomic E-state index is 0.298. The molecule has 4 nitrogen and oxygen atoms in total. The molecule has 21 heavy (non-hydrogen) atoms. The van der Waals surface area contributed by atoms with E-state index < -0.39 is 0 Å². The average Bonchev–Trinajstić information content (AvgIpc) is 2.96. The van der Waals surface area contributed by atoms with Crippen LogP contribution in [-0.2, 0) is 6.42 Å². The van der Waals surface area contributed by atoms with E-state index in [0.717, 1.165) is 28.9 Å². The zero-order chi connectivity index (χ0) is 14.2. The molecule has 3 aromatic rings. The average molecular weight is 296 g/mol. The molecule has 0 bridgehead atoms. The summed E-state index contributed by atoms with van der Waals surface area (Å²) < 4.78 is 0. The zero-order valence-electron chi connectivity index (χ0n) is 11.5. The number of nitrogens with zero attached hydrogens (tertiary/aromatic N) is 2. The third-order valence-corrected chi connectivity index (χ3v) is 4.83. The highest BCUT2D eigenvalue weighted by Crippen LogP contribution is 2.34. The number of aromatic nitrogens is 2. The molecule has 0 radical (unpaired) electrons. The van der Waals surface area contributed by atoms with E-state index in [1.54, 1.807) is 11.3 Å². The number of hydrogen-bond acceptors (Lipinski definition) is 5. The maximum absolute atomic E-state index is 5.83. The fourth-order valence-corrected chi connectivity index (χ4v) is 3.82. The van der Waals surface area contributed by atoms with E-state index in [4.69, 9.17) is 5.73 Å². The molecule has 1 aliphatic rings. The highest BCUT2D eigenvalue weighted by molar-refractivity contribution is 7.16. The molecule has 0 saturated heterocycles. The van der Waals surface area contributed by atoms with Gasteiger partial charge in [-0.25, -0.2) is 4.98 Å². The van der Waals surface area contributed by atoms with Gasteiger partial charge < -0.3 is 11.1 Å². The van der Waals surface area contributed by atoms with Crippen molar-refractivity contribution in [3.63, 3.8) is 0 Å². The molecule has 5 heteroatoms. The Kier molecular flexibility index (Phi) is 3.00. The first-order valence-electron chi connectivity index (χ1n) is 7.16. The van der Waals surface area contributed by atoms with Crippen LogP contribution in [0.5, 0.6) is 0 Å². The molecular weight excluding hydrogens is 280 g/mol. The molecule has 0 amide bonds. The lowest BCUT2D eigenvalue weighted by atomic mass is 9.88. The predicted octanol–water partition coefficient (Wildman–Crippen LogP) is 3.76. The van der Waals surface area contributed by atoms with Crippen molar-refractivity contribution in [3.8, 4) is 0 Å². The number of rotatable bonds is 2. The van der Waals surface area contributed by atoms with Crippen molar-refractivity contribution in [2.24, 2.45) is 0 Å². The molecule has 1 atom stereocenters. The highest BCUT2D eigenvalue weighted by atomic mass is 32.1. The van der Waals surface area contributed by atoms with Crippen molar-refractivity contribution >= 4 is 33.3 Å². The number of thiophene rings is 1. The Morgan fingerprint density at radius 3 is 3.05 bits per heavy atom. The van der Waals surface area contributed by atoms with Gasteiger partial charge in [0.2, 0.25) is 5.95 Å².